The molecule has 5 atom stereocenters. The van der Waals surface area contributed by atoms with Crippen molar-refractivity contribution in [2.75, 3.05) is 13.7 Å². The number of benzene rings is 1. The van der Waals surface area contributed by atoms with Gasteiger partial charge in [-0.15, -0.1) is 0 Å². The predicted molar refractivity (Wildman–Crippen MR) is 154 cm³/mol. The fourth-order valence-electron chi connectivity index (χ4n) is 6.65. The Hall–Kier alpha value is -3.18. The highest BCUT2D eigenvalue weighted by atomic mass is 19.4. The number of pyridine rings is 1. The van der Waals surface area contributed by atoms with Crippen molar-refractivity contribution in [1.29, 1.82) is 0 Å². The summed E-state index contributed by atoms with van der Waals surface area (Å²) in [6.45, 7) is 10.2. The van der Waals surface area contributed by atoms with Gasteiger partial charge in [-0.3, -0.25) is 4.79 Å². The normalized spacial score (nSPS) is 24.8. The van der Waals surface area contributed by atoms with Gasteiger partial charge in [-0.05, 0) is 47.8 Å². The molecule has 11 heteroatoms. The number of nitrogens with one attached hydrogen (secondary N) is 1. The molecule has 2 N–H and O–H groups in total. The van der Waals surface area contributed by atoms with Crippen LogP contribution in [-0.2, 0) is 27.0 Å². The molecule has 1 amide bonds. The van der Waals surface area contributed by atoms with E-state index in [4.69, 9.17) is 9.47 Å². The minimum absolute atomic E-state index is 0.0308. The number of amides is 1. The average molecular weight is 606 g/mol. The van der Waals surface area contributed by atoms with Gasteiger partial charge in [-0.1, -0.05) is 58.9 Å². The number of hydrogen-bond donors (Lipinski definition) is 2. The van der Waals surface area contributed by atoms with Gasteiger partial charge in [0.05, 0.1) is 18.7 Å². The number of alkyl halides is 3. The Bertz CT molecular complexity index is 1300. The molecule has 1 aromatic carbocycles. The molecule has 0 radical (unpaired) electrons. The van der Waals surface area contributed by atoms with Crippen LogP contribution < -0.4 is 10.1 Å². The molecule has 236 valence electrons. The van der Waals surface area contributed by atoms with E-state index in [1.165, 1.54) is 12.0 Å². The van der Waals surface area contributed by atoms with Crippen LogP contribution in [0.4, 0.5) is 13.2 Å². The molecule has 3 heterocycles. The molecule has 4 rings (SSSR count). The number of carbonyl (C=O) groups excluding carboxylic acids is 1. The Balaban J connectivity index is 1.89. The highest BCUT2D eigenvalue weighted by molar-refractivity contribution is 5.88. The average Bonchev–Trinajstić information content (AvgIpc) is 3.31. The second kappa shape index (κ2) is 12.8. The van der Waals surface area contributed by atoms with Crippen molar-refractivity contribution in [3.63, 3.8) is 0 Å². The zero-order chi connectivity index (χ0) is 31.7. The SMILES string of the molecule is COc1ncc(C(F)(F)F)cc1CN[C@H]1[C@H](C(C)(C)C)[C@@H](C(=O)O)N(C(=O)[C@@H]2CCCCO2)[C@H]1c1ccccc1C(C)C. The van der Waals surface area contributed by atoms with Gasteiger partial charge in [-0.25, -0.2) is 9.78 Å². The molecule has 1 aromatic heterocycles. The fraction of sp³-hybridized carbons (Fsp3) is 0.594. The standard InChI is InChI=1S/C32H42F3N3O5/c1-18(2)21-11-7-8-12-22(21)26-25(36-16-19-15-20(32(33,34)35)17-37-28(19)42-6)24(31(3,4)5)27(30(40)41)38(26)29(39)23-13-9-10-14-43-23/h7-8,11-12,15,17-18,23-27,36H,9-10,13-14,16H2,1-6H3,(H,40,41)/t23-,24-,25-,26-,27-/m0/s1. The number of methoxy groups -OCH3 is 1. The van der Waals surface area contributed by atoms with Crippen LogP contribution >= 0.6 is 0 Å². The lowest BCUT2D eigenvalue weighted by molar-refractivity contribution is -0.159. The van der Waals surface area contributed by atoms with Gasteiger partial charge >= 0.3 is 12.1 Å². The van der Waals surface area contributed by atoms with Gasteiger partial charge in [0.15, 0.2) is 0 Å². The zero-order valence-electron chi connectivity index (χ0n) is 25.6. The minimum atomic E-state index is -4.61. The van der Waals surface area contributed by atoms with E-state index < -0.39 is 53.3 Å². The lowest BCUT2D eigenvalue weighted by Gasteiger charge is -2.36. The largest absolute Gasteiger partial charge is 0.481 e. The summed E-state index contributed by atoms with van der Waals surface area (Å²) < 4.78 is 52.0. The van der Waals surface area contributed by atoms with Crippen LogP contribution in [0.15, 0.2) is 36.5 Å². The molecule has 0 aliphatic carbocycles. The Labute approximate surface area is 251 Å². The van der Waals surface area contributed by atoms with E-state index in [-0.39, 0.29) is 29.8 Å². The zero-order valence-corrected chi connectivity index (χ0v) is 25.6. The van der Waals surface area contributed by atoms with Crippen LogP contribution in [0.5, 0.6) is 5.88 Å². The molecule has 0 unspecified atom stereocenters. The number of likely N-dealkylation sites (tertiary alicyclic amines) is 1. The number of halogens is 3. The summed E-state index contributed by atoms with van der Waals surface area (Å²) in [7, 11) is 1.33. The van der Waals surface area contributed by atoms with Crippen molar-refractivity contribution in [3.05, 3.63) is 58.8 Å². The number of ether oxygens (including phenoxy) is 2. The smallest absolute Gasteiger partial charge is 0.417 e. The molecule has 2 fully saturated rings. The fourth-order valence-corrected chi connectivity index (χ4v) is 6.65. The Morgan fingerprint density at radius 1 is 1.19 bits per heavy atom. The monoisotopic (exact) mass is 605 g/mol. The van der Waals surface area contributed by atoms with E-state index in [0.717, 1.165) is 36.2 Å². The summed E-state index contributed by atoms with van der Waals surface area (Å²) in [6, 6.07) is 6.05. The van der Waals surface area contributed by atoms with Crippen molar-refractivity contribution in [3.8, 4) is 5.88 Å². The maximum atomic E-state index is 14.3. The number of hydrogen-bond acceptors (Lipinski definition) is 6. The van der Waals surface area contributed by atoms with Gasteiger partial charge in [0.2, 0.25) is 5.88 Å². The molecule has 8 nitrogen and oxygen atoms in total. The summed E-state index contributed by atoms with van der Waals surface area (Å²) >= 11 is 0. The third-order valence-corrected chi connectivity index (χ3v) is 8.54. The summed E-state index contributed by atoms with van der Waals surface area (Å²) in [6.07, 6.45) is -2.54. The van der Waals surface area contributed by atoms with Gasteiger partial charge in [-0.2, -0.15) is 13.2 Å². The van der Waals surface area contributed by atoms with Crippen molar-refractivity contribution < 1.29 is 37.3 Å². The van der Waals surface area contributed by atoms with E-state index in [1.807, 2.05) is 58.9 Å². The molecule has 2 saturated heterocycles. The molecular formula is C32H42F3N3O5. The van der Waals surface area contributed by atoms with Crippen LogP contribution in [0.2, 0.25) is 0 Å². The highest BCUT2D eigenvalue weighted by Gasteiger charge is 2.59. The maximum absolute atomic E-state index is 14.3. The number of carboxylic acids is 1. The molecular weight excluding hydrogens is 563 g/mol. The number of carbonyl (C=O) groups is 2. The first-order chi connectivity index (χ1) is 20.2. The quantitative estimate of drug-likeness (QED) is 0.383. The molecule has 2 aliphatic rings. The van der Waals surface area contributed by atoms with E-state index in [0.29, 0.717) is 13.0 Å². The first-order valence-corrected chi connectivity index (χ1v) is 14.8. The molecule has 2 aliphatic heterocycles. The predicted octanol–water partition coefficient (Wildman–Crippen LogP) is 5.96. The van der Waals surface area contributed by atoms with Crippen LogP contribution in [0.25, 0.3) is 0 Å². The highest BCUT2D eigenvalue weighted by Crippen LogP contribution is 2.50. The van der Waals surface area contributed by atoms with Crippen molar-refractivity contribution in [2.45, 2.75) is 96.7 Å². The molecule has 43 heavy (non-hydrogen) atoms. The van der Waals surface area contributed by atoms with Gasteiger partial charge in [0.1, 0.15) is 12.1 Å². The minimum Gasteiger partial charge on any atom is -0.481 e. The summed E-state index contributed by atoms with van der Waals surface area (Å²) in [4.78, 5) is 32.8. The first-order valence-electron chi connectivity index (χ1n) is 14.8. The van der Waals surface area contributed by atoms with E-state index >= 15 is 0 Å². The second-order valence-corrected chi connectivity index (χ2v) is 12.8. The third-order valence-electron chi connectivity index (χ3n) is 8.54. The van der Waals surface area contributed by atoms with E-state index in [2.05, 4.69) is 10.3 Å². The molecule has 0 bridgehead atoms. The number of nitrogens with zero attached hydrogens (tertiary/aromatic N) is 2. The van der Waals surface area contributed by atoms with E-state index in [1.54, 1.807) is 0 Å². The van der Waals surface area contributed by atoms with Gasteiger partial charge in [0, 0.05) is 36.9 Å². The van der Waals surface area contributed by atoms with Crippen LogP contribution in [0, 0.1) is 11.3 Å². The number of carboxylic acid groups (broad SMARTS) is 1. The second-order valence-electron chi connectivity index (χ2n) is 12.8. The van der Waals surface area contributed by atoms with Gasteiger partial charge < -0.3 is 24.8 Å². The Morgan fingerprint density at radius 2 is 1.88 bits per heavy atom. The van der Waals surface area contributed by atoms with Crippen molar-refractivity contribution in [1.82, 2.24) is 15.2 Å². The van der Waals surface area contributed by atoms with Crippen LogP contribution in [0.3, 0.4) is 0 Å². The van der Waals surface area contributed by atoms with Crippen molar-refractivity contribution in [2.24, 2.45) is 11.3 Å². The summed E-state index contributed by atoms with van der Waals surface area (Å²) in [5.74, 6) is -2.05. The first kappa shape index (κ1) is 32.7. The molecule has 0 spiro atoms. The number of aromatic nitrogens is 1. The van der Waals surface area contributed by atoms with Crippen molar-refractivity contribution >= 4 is 11.9 Å². The lowest BCUT2D eigenvalue weighted by Crippen LogP contribution is -2.51. The topological polar surface area (TPSA) is 101 Å². The maximum Gasteiger partial charge on any atom is 0.417 e. The summed E-state index contributed by atoms with van der Waals surface area (Å²) in [5, 5.41) is 14.1. The summed E-state index contributed by atoms with van der Waals surface area (Å²) in [5.41, 5.74) is 0.392. The van der Waals surface area contributed by atoms with Crippen LogP contribution in [-0.4, -0.2) is 58.8 Å². The third kappa shape index (κ3) is 6.82. The van der Waals surface area contributed by atoms with Gasteiger partial charge in [0.25, 0.3) is 5.91 Å². The Kier molecular flexibility index (Phi) is 9.76. The van der Waals surface area contributed by atoms with E-state index in [9.17, 15) is 27.9 Å². The Morgan fingerprint density at radius 3 is 2.44 bits per heavy atom. The molecule has 2 aromatic rings. The molecule has 0 saturated carbocycles. The lowest BCUT2D eigenvalue weighted by atomic mass is 9.72. The number of rotatable bonds is 8. The van der Waals surface area contributed by atoms with Crippen LogP contribution in [0.1, 0.15) is 88.1 Å². The number of aliphatic carboxylic acids is 1.